The van der Waals surface area contributed by atoms with Crippen LogP contribution in [0.15, 0.2) is 22.7 Å². The highest BCUT2D eigenvalue weighted by molar-refractivity contribution is 9.10. The first-order chi connectivity index (χ1) is 10.0. The van der Waals surface area contributed by atoms with Crippen LogP contribution in [0.4, 0.5) is 4.39 Å². The maximum atomic E-state index is 13.1. The van der Waals surface area contributed by atoms with Crippen LogP contribution in [0.5, 0.6) is 0 Å². The molecule has 0 radical (unpaired) electrons. The van der Waals surface area contributed by atoms with Gasteiger partial charge in [0.15, 0.2) is 0 Å². The Morgan fingerprint density at radius 3 is 2.52 bits per heavy atom. The van der Waals surface area contributed by atoms with Crippen LogP contribution in [0.25, 0.3) is 0 Å². The molecular weight excluding hydrogens is 341 g/mol. The van der Waals surface area contributed by atoms with Crippen molar-refractivity contribution in [1.29, 1.82) is 0 Å². The molecule has 0 spiro atoms. The standard InChI is InChI=1S/C15H19BrFNO3/c16-13-8-7-11(17)10-12(13)15(21)18-9-5-3-1-2-4-6-14(19)20/h7-8,10H,1-6,9H2,(H,18,21)(H,19,20). The average Bonchev–Trinajstić information content (AvgIpc) is 2.43. The molecule has 1 rings (SSSR count). The molecule has 0 aliphatic rings. The molecule has 0 saturated carbocycles. The van der Waals surface area contributed by atoms with Crippen LogP contribution in [-0.4, -0.2) is 23.5 Å². The predicted molar refractivity (Wildman–Crippen MR) is 81.8 cm³/mol. The van der Waals surface area contributed by atoms with Crippen molar-refractivity contribution < 1.29 is 19.1 Å². The summed E-state index contributed by atoms with van der Waals surface area (Å²) in [5.41, 5.74) is 0.288. The van der Waals surface area contributed by atoms with Crippen LogP contribution >= 0.6 is 15.9 Å². The number of carboxylic acid groups (broad SMARTS) is 1. The number of rotatable bonds is 9. The van der Waals surface area contributed by atoms with Crippen LogP contribution in [0.3, 0.4) is 0 Å². The van der Waals surface area contributed by atoms with E-state index in [1.165, 1.54) is 18.2 Å². The van der Waals surface area contributed by atoms with Gasteiger partial charge >= 0.3 is 5.97 Å². The molecule has 4 nitrogen and oxygen atoms in total. The van der Waals surface area contributed by atoms with E-state index in [4.69, 9.17) is 5.11 Å². The molecular formula is C15H19BrFNO3. The number of aliphatic carboxylic acids is 1. The molecule has 0 aromatic heterocycles. The van der Waals surface area contributed by atoms with Gasteiger partial charge in [0.1, 0.15) is 5.82 Å². The lowest BCUT2D eigenvalue weighted by atomic mass is 10.1. The third kappa shape index (κ3) is 7.22. The molecule has 6 heteroatoms. The molecule has 0 bridgehead atoms. The van der Waals surface area contributed by atoms with Gasteiger partial charge in [0.2, 0.25) is 0 Å². The van der Waals surface area contributed by atoms with Crippen molar-refractivity contribution in [3.63, 3.8) is 0 Å². The Morgan fingerprint density at radius 2 is 1.81 bits per heavy atom. The smallest absolute Gasteiger partial charge is 0.303 e. The summed E-state index contributed by atoms with van der Waals surface area (Å²) in [6.45, 7) is 0.528. The fourth-order valence-electron chi connectivity index (χ4n) is 1.90. The molecule has 0 heterocycles. The zero-order chi connectivity index (χ0) is 15.7. The number of nitrogens with one attached hydrogen (secondary N) is 1. The van der Waals surface area contributed by atoms with Gasteiger partial charge in [-0.3, -0.25) is 9.59 Å². The van der Waals surface area contributed by atoms with E-state index in [-0.39, 0.29) is 17.9 Å². The van der Waals surface area contributed by atoms with Gasteiger partial charge in [-0.25, -0.2) is 4.39 Å². The van der Waals surface area contributed by atoms with Gasteiger partial charge in [-0.1, -0.05) is 19.3 Å². The Labute approximate surface area is 131 Å². The molecule has 0 aliphatic carbocycles. The number of halogens is 2. The first-order valence-electron chi connectivity index (χ1n) is 6.95. The summed E-state index contributed by atoms with van der Waals surface area (Å²) < 4.78 is 13.6. The fraction of sp³-hybridized carbons (Fsp3) is 0.467. The van der Waals surface area contributed by atoms with Crippen molar-refractivity contribution in [2.24, 2.45) is 0 Å². The first-order valence-corrected chi connectivity index (χ1v) is 7.75. The van der Waals surface area contributed by atoms with Gasteiger partial charge in [-0.05, 0) is 47.0 Å². The average molecular weight is 360 g/mol. The summed E-state index contributed by atoms with van der Waals surface area (Å²) in [4.78, 5) is 22.2. The minimum atomic E-state index is -0.761. The molecule has 0 saturated heterocycles. The molecule has 2 N–H and O–H groups in total. The van der Waals surface area contributed by atoms with Crippen LogP contribution < -0.4 is 5.32 Å². The second-order valence-corrected chi connectivity index (χ2v) is 5.65. The summed E-state index contributed by atoms with van der Waals surface area (Å²) >= 11 is 3.22. The molecule has 1 aromatic rings. The summed E-state index contributed by atoms with van der Waals surface area (Å²) in [5, 5.41) is 11.2. The van der Waals surface area contributed by atoms with E-state index in [1.807, 2.05) is 0 Å². The lowest BCUT2D eigenvalue weighted by Crippen LogP contribution is -2.24. The molecule has 1 amide bonds. The third-order valence-corrected chi connectivity index (χ3v) is 3.72. The van der Waals surface area contributed by atoms with E-state index in [1.54, 1.807) is 0 Å². The van der Waals surface area contributed by atoms with Crippen molar-refractivity contribution in [2.45, 2.75) is 38.5 Å². The van der Waals surface area contributed by atoms with Crippen LogP contribution in [-0.2, 0) is 4.79 Å². The molecule has 0 fully saturated rings. The van der Waals surface area contributed by atoms with E-state index >= 15 is 0 Å². The van der Waals surface area contributed by atoms with Gasteiger partial charge in [-0.2, -0.15) is 0 Å². The monoisotopic (exact) mass is 359 g/mol. The van der Waals surface area contributed by atoms with Crippen LogP contribution in [0.1, 0.15) is 48.9 Å². The second-order valence-electron chi connectivity index (χ2n) is 4.79. The zero-order valence-corrected chi connectivity index (χ0v) is 13.3. The predicted octanol–water partition coefficient (Wildman–Crippen LogP) is 3.74. The van der Waals surface area contributed by atoms with E-state index < -0.39 is 11.8 Å². The minimum Gasteiger partial charge on any atom is -0.481 e. The number of hydrogen-bond donors (Lipinski definition) is 2. The van der Waals surface area contributed by atoms with Gasteiger partial charge < -0.3 is 10.4 Å². The number of amides is 1. The Kier molecular flexibility index (Phi) is 7.97. The maximum Gasteiger partial charge on any atom is 0.303 e. The topological polar surface area (TPSA) is 66.4 Å². The molecule has 0 aliphatic heterocycles. The fourth-order valence-corrected chi connectivity index (χ4v) is 2.33. The van der Waals surface area contributed by atoms with E-state index in [9.17, 15) is 14.0 Å². The highest BCUT2D eigenvalue weighted by Crippen LogP contribution is 2.17. The van der Waals surface area contributed by atoms with Crippen molar-refractivity contribution >= 4 is 27.8 Å². The Morgan fingerprint density at radius 1 is 1.14 bits per heavy atom. The third-order valence-electron chi connectivity index (χ3n) is 3.03. The van der Waals surface area contributed by atoms with E-state index in [0.717, 1.165) is 25.7 Å². The summed E-state index contributed by atoms with van der Waals surface area (Å²) in [7, 11) is 0. The van der Waals surface area contributed by atoms with Gasteiger partial charge in [0, 0.05) is 17.4 Å². The van der Waals surface area contributed by atoms with Crippen LogP contribution in [0.2, 0.25) is 0 Å². The molecule has 21 heavy (non-hydrogen) atoms. The quantitative estimate of drug-likeness (QED) is 0.660. The van der Waals surface area contributed by atoms with E-state index in [0.29, 0.717) is 17.4 Å². The maximum absolute atomic E-state index is 13.1. The summed E-state index contributed by atoms with van der Waals surface area (Å²) in [6.07, 6.45) is 4.50. The van der Waals surface area contributed by atoms with Crippen molar-refractivity contribution in [1.82, 2.24) is 5.32 Å². The Balaban J connectivity index is 2.16. The first kappa shape index (κ1) is 17.6. The van der Waals surface area contributed by atoms with E-state index in [2.05, 4.69) is 21.2 Å². The van der Waals surface area contributed by atoms with Crippen LogP contribution in [0, 0.1) is 5.82 Å². The Bertz CT molecular complexity index is 494. The largest absolute Gasteiger partial charge is 0.481 e. The summed E-state index contributed by atoms with van der Waals surface area (Å²) in [5.74, 6) is -1.50. The molecule has 1 aromatic carbocycles. The summed E-state index contributed by atoms with van der Waals surface area (Å²) in [6, 6.07) is 4.00. The highest BCUT2D eigenvalue weighted by Gasteiger charge is 2.10. The minimum absolute atomic E-state index is 0.213. The lowest BCUT2D eigenvalue weighted by molar-refractivity contribution is -0.137. The normalized spacial score (nSPS) is 10.4. The highest BCUT2D eigenvalue weighted by atomic mass is 79.9. The van der Waals surface area contributed by atoms with Gasteiger partial charge in [0.05, 0.1) is 5.56 Å². The lowest BCUT2D eigenvalue weighted by Gasteiger charge is -2.07. The zero-order valence-electron chi connectivity index (χ0n) is 11.7. The number of unbranched alkanes of at least 4 members (excludes halogenated alkanes) is 4. The van der Waals surface area contributed by atoms with Gasteiger partial charge in [-0.15, -0.1) is 0 Å². The number of carbonyl (C=O) groups is 2. The van der Waals surface area contributed by atoms with Crippen molar-refractivity contribution in [3.8, 4) is 0 Å². The van der Waals surface area contributed by atoms with Crippen molar-refractivity contribution in [3.05, 3.63) is 34.1 Å². The molecule has 0 atom stereocenters. The molecule has 0 unspecified atom stereocenters. The van der Waals surface area contributed by atoms with Crippen molar-refractivity contribution in [2.75, 3.05) is 6.54 Å². The second kappa shape index (κ2) is 9.50. The molecule has 116 valence electrons. The number of hydrogen-bond acceptors (Lipinski definition) is 2. The number of benzene rings is 1. The van der Waals surface area contributed by atoms with Gasteiger partial charge in [0.25, 0.3) is 5.91 Å². The Hall–Kier alpha value is -1.43. The SMILES string of the molecule is O=C(O)CCCCCCCNC(=O)c1cc(F)ccc1Br. The number of carbonyl (C=O) groups excluding carboxylic acids is 1. The number of carboxylic acids is 1.